The van der Waals surface area contributed by atoms with Crippen molar-refractivity contribution >= 4 is 23.3 Å². The second kappa shape index (κ2) is 8.19. The van der Waals surface area contributed by atoms with Crippen LogP contribution in [0.3, 0.4) is 0 Å². The van der Waals surface area contributed by atoms with E-state index >= 15 is 0 Å². The van der Waals surface area contributed by atoms with E-state index in [1.54, 1.807) is 12.1 Å². The minimum absolute atomic E-state index is 0.131. The van der Waals surface area contributed by atoms with Gasteiger partial charge in [-0.1, -0.05) is 11.6 Å². The van der Waals surface area contributed by atoms with Crippen molar-refractivity contribution in [1.82, 2.24) is 15.3 Å². The largest absolute Gasteiger partial charge is 0.494 e. The summed E-state index contributed by atoms with van der Waals surface area (Å²) in [6.45, 7) is 1.10. The average Bonchev–Trinajstić information content (AvgIpc) is 2.52. The van der Waals surface area contributed by atoms with Gasteiger partial charge in [-0.25, -0.2) is 9.97 Å². The predicted octanol–water partition coefficient (Wildman–Crippen LogP) is 2.30. The van der Waals surface area contributed by atoms with Crippen LogP contribution in [0.25, 0.3) is 0 Å². The molecule has 0 saturated carbocycles. The lowest BCUT2D eigenvalue weighted by molar-refractivity contribution is 0.0948. The Morgan fingerprint density at radius 1 is 1.18 bits per heavy atom. The Hall–Kier alpha value is -2.34. The summed E-state index contributed by atoms with van der Waals surface area (Å²) < 4.78 is 5.56. The van der Waals surface area contributed by atoms with Crippen molar-refractivity contribution in [3.8, 4) is 5.75 Å². The van der Waals surface area contributed by atoms with Gasteiger partial charge < -0.3 is 15.8 Å². The van der Waals surface area contributed by atoms with Gasteiger partial charge in [0.1, 0.15) is 5.75 Å². The molecular weight excluding hydrogens is 304 g/mol. The zero-order valence-electron chi connectivity index (χ0n) is 12.0. The van der Waals surface area contributed by atoms with Crippen LogP contribution in [0.5, 0.6) is 5.75 Å². The number of amides is 1. The molecule has 3 N–H and O–H groups in total. The lowest BCUT2D eigenvalue weighted by Crippen LogP contribution is -2.26. The number of nitrogen functional groups attached to an aromatic ring is 1. The van der Waals surface area contributed by atoms with Gasteiger partial charge in [-0.3, -0.25) is 4.79 Å². The smallest absolute Gasteiger partial charge is 0.273 e. The summed E-state index contributed by atoms with van der Waals surface area (Å²) in [5, 5.41) is 3.43. The molecule has 0 atom stereocenters. The molecule has 0 aliphatic rings. The molecule has 0 aliphatic heterocycles. The quantitative estimate of drug-likeness (QED) is 0.764. The first-order valence-electron chi connectivity index (χ1n) is 6.90. The van der Waals surface area contributed by atoms with Crippen molar-refractivity contribution in [2.75, 3.05) is 18.9 Å². The van der Waals surface area contributed by atoms with Crippen LogP contribution in [0.2, 0.25) is 5.02 Å². The lowest BCUT2D eigenvalue weighted by Gasteiger charge is -2.07. The third kappa shape index (κ3) is 4.89. The van der Waals surface area contributed by atoms with E-state index in [2.05, 4.69) is 15.3 Å². The molecule has 2 aromatic rings. The number of nitrogens with zero attached hydrogens (tertiary/aromatic N) is 2. The van der Waals surface area contributed by atoms with E-state index < -0.39 is 0 Å². The maximum absolute atomic E-state index is 11.8. The molecule has 0 unspecified atom stereocenters. The standard InChI is InChI=1S/C15H17ClN4O2/c16-11-3-5-12(6-4-11)22-10-2-1-7-20-15(21)13-14(17)19-9-8-18-13/h3-6,8-9H,1-2,7,10H2,(H2,17,19)(H,20,21). The summed E-state index contributed by atoms with van der Waals surface area (Å²) in [5.41, 5.74) is 5.74. The number of carbonyl (C=O) groups excluding carboxylic acids is 1. The highest BCUT2D eigenvalue weighted by Crippen LogP contribution is 2.15. The van der Waals surface area contributed by atoms with Gasteiger partial charge >= 0.3 is 0 Å². The highest BCUT2D eigenvalue weighted by molar-refractivity contribution is 6.30. The zero-order valence-corrected chi connectivity index (χ0v) is 12.7. The van der Waals surface area contributed by atoms with Gasteiger partial charge in [0.25, 0.3) is 5.91 Å². The minimum atomic E-state index is -0.316. The van der Waals surface area contributed by atoms with Gasteiger partial charge in [0, 0.05) is 24.0 Å². The van der Waals surface area contributed by atoms with Crippen LogP contribution < -0.4 is 15.8 Å². The van der Waals surface area contributed by atoms with Crippen LogP contribution in [-0.2, 0) is 0 Å². The topological polar surface area (TPSA) is 90.1 Å². The van der Waals surface area contributed by atoms with Crippen molar-refractivity contribution in [2.45, 2.75) is 12.8 Å². The predicted molar refractivity (Wildman–Crippen MR) is 85.0 cm³/mol. The lowest BCUT2D eigenvalue weighted by atomic mass is 10.3. The van der Waals surface area contributed by atoms with Crippen molar-refractivity contribution < 1.29 is 9.53 Å². The third-order valence-corrected chi connectivity index (χ3v) is 3.13. The average molecular weight is 321 g/mol. The molecule has 0 aliphatic carbocycles. The Morgan fingerprint density at radius 2 is 1.91 bits per heavy atom. The highest BCUT2D eigenvalue weighted by atomic mass is 35.5. The number of ether oxygens (including phenoxy) is 1. The fourth-order valence-corrected chi connectivity index (χ4v) is 1.88. The van der Waals surface area contributed by atoms with Crippen molar-refractivity contribution in [2.24, 2.45) is 0 Å². The molecule has 6 nitrogen and oxygen atoms in total. The van der Waals surface area contributed by atoms with E-state index in [0.717, 1.165) is 18.6 Å². The number of unbranched alkanes of at least 4 members (excludes halogenated alkanes) is 1. The number of halogens is 1. The van der Waals surface area contributed by atoms with Crippen molar-refractivity contribution in [3.05, 3.63) is 47.4 Å². The Bertz CT molecular complexity index is 619. The number of nitrogens with two attached hydrogens (primary N) is 1. The summed E-state index contributed by atoms with van der Waals surface area (Å²) in [6.07, 6.45) is 4.49. The van der Waals surface area contributed by atoms with Crippen LogP contribution in [0.15, 0.2) is 36.7 Å². The first kappa shape index (κ1) is 16.0. The maximum atomic E-state index is 11.8. The Balaban J connectivity index is 1.62. The highest BCUT2D eigenvalue weighted by Gasteiger charge is 2.10. The van der Waals surface area contributed by atoms with Crippen LogP contribution in [0, 0.1) is 0 Å². The van der Waals surface area contributed by atoms with Gasteiger partial charge in [0.05, 0.1) is 6.61 Å². The second-order valence-corrected chi connectivity index (χ2v) is 4.99. The molecule has 1 aromatic heterocycles. The van der Waals surface area contributed by atoms with E-state index in [1.807, 2.05) is 12.1 Å². The number of rotatable bonds is 7. The van der Waals surface area contributed by atoms with Crippen LogP contribution >= 0.6 is 11.6 Å². The van der Waals surface area contributed by atoms with E-state index in [4.69, 9.17) is 22.1 Å². The number of benzene rings is 1. The van der Waals surface area contributed by atoms with Crippen LogP contribution in [0.1, 0.15) is 23.3 Å². The fraction of sp³-hybridized carbons (Fsp3) is 0.267. The second-order valence-electron chi connectivity index (χ2n) is 4.56. The third-order valence-electron chi connectivity index (χ3n) is 2.88. The van der Waals surface area contributed by atoms with Crippen molar-refractivity contribution in [3.63, 3.8) is 0 Å². The summed E-state index contributed by atoms with van der Waals surface area (Å²) in [7, 11) is 0. The van der Waals surface area contributed by atoms with E-state index in [0.29, 0.717) is 18.2 Å². The van der Waals surface area contributed by atoms with Crippen LogP contribution in [-0.4, -0.2) is 29.0 Å². The summed E-state index contributed by atoms with van der Waals surface area (Å²) >= 11 is 5.79. The van der Waals surface area contributed by atoms with Gasteiger partial charge in [-0.2, -0.15) is 0 Å². The van der Waals surface area contributed by atoms with E-state index in [1.165, 1.54) is 12.4 Å². The summed E-state index contributed by atoms with van der Waals surface area (Å²) in [4.78, 5) is 19.5. The molecule has 1 heterocycles. The summed E-state index contributed by atoms with van der Waals surface area (Å²) in [5.74, 6) is 0.594. The molecule has 1 amide bonds. The van der Waals surface area contributed by atoms with Gasteiger partial charge in [0.2, 0.25) is 0 Å². The minimum Gasteiger partial charge on any atom is -0.494 e. The Kier molecular flexibility index (Phi) is 5.97. The van der Waals surface area contributed by atoms with Crippen molar-refractivity contribution in [1.29, 1.82) is 0 Å². The molecule has 1 aromatic carbocycles. The molecule has 2 rings (SSSR count). The van der Waals surface area contributed by atoms with E-state index in [9.17, 15) is 4.79 Å². The molecular formula is C15H17ClN4O2. The summed E-state index contributed by atoms with van der Waals surface area (Å²) in [6, 6.07) is 7.20. The number of hydrogen-bond acceptors (Lipinski definition) is 5. The number of anilines is 1. The normalized spacial score (nSPS) is 10.2. The number of hydrogen-bond donors (Lipinski definition) is 2. The zero-order chi connectivity index (χ0) is 15.8. The van der Waals surface area contributed by atoms with Gasteiger partial charge in [-0.15, -0.1) is 0 Å². The molecule has 7 heteroatoms. The molecule has 22 heavy (non-hydrogen) atoms. The molecule has 116 valence electrons. The van der Waals surface area contributed by atoms with Gasteiger partial charge in [0.15, 0.2) is 11.5 Å². The molecule has 0 radical (unpaired) electrons. The molecule has 0 bridgehead atoms. The first-order chi connectivity index (χ1) is 10.7. The maximum Gasteiger partial charge on any atom is 0.273 e. The number of nitrogens with one attached hydrogen (secondary N) is 1. The fourth-order valence-electron chi connectivity index (χ4n) is 1.76. The van der Waals surface area contributed by atoms with E-state index in [-0.39, 0.29) is 17.4 Å². The number of aromatic nitrogens is 2. The molecule has 0 fully saturated rings. The first-order valence-corrected chi connectivity index (χ1v) is 7.27. The number of carbonyl (C=O) groups is 1. The Morgan fingerprint density at radius 3 is 2.64 bits per heavy atom. The van der Waals surface area contributed by atoms with Crippen LogP contribution in [0.4, 0.5) is 5.82 Å². The van der Waals surface area contributed by atoms with Gasteiger partial charge in [-0.05, 0) is 37.1 Å². The Labute approximate surface area is 133 Å². The SMILES string of the molecule is Nc1nccnc1C(=O)NCCCCOc1ccc(Cl)cc1. The monoisotopic (exact) mass is 320 g/mol. The molecule has 0 spiro atoms. The molecule has 0 saturated heterocycles.